The average molecular weight is 279 g/mol. The molecule has 2 aliphatic heterocycles. The number of aromatic nitrogens is 3. The number of carbonyl (C=O) groups is 1. The standard InChI is InChI=1S/C13H21N5O2/c19-13(15-10-3-7-20-8-4-10)12-9-18(17-16-12)11-1-5-14-6-2-11/h9-11,14H,1-8H2,(H,15,19). The second-order valence-electron chi connectivity index (χ2n) is 5.43. The van der Waals surface area contributed by atoms with Crippen molar-refractivity contribution < 1.29 is 9.53 Å². The number of rotatable bonds is 3. The smallest absolute Gasteiger partial charge is 0.273 e. The van der Waals surface area contributed by atoms with Crippen molar-refractivity contribution in [2.75, 3.05) is 26.3 Å². The second-order valence-corrected chi connectivity index (χ2v) is 5.43. The lowest BCUT2D eigenvalue weighted by molar-refractivity contribution is 0.0694. The summed E-state index contributed by atoms with van der Waals surface area (Å²) in [5.74, 6) is -0.128. The zero-order chi connectivity index (χ0) is 13.8. The van der Waals surface area contributed by atoms with E-state index < -0.39 is 0 Å². The zero-order valence-corrected chi connectivity index (χ0v) is 11.5. The van der Waals surface area contributed by atoms with Gasteiger partial charge in [-0.2, -0.15) is 0 Å². The van der Waals surface area contributed by atoms with Gasteiger partial charge in [0.2, 0.25) is 0 Å². The number of nitrogens with zero attached hydrogens (tertiary/aromatic N) is 3. The summed E-state index contributed by atoms with van der Waals surface area (Å²) in [6.45, 7) is 3.42. The van der Waals surface area contributed by atoms with Gasteiger partial charge >= 0.3 is 0 Å². The molecule has 0 aromatic carbocycles. The fraction of sp³-hybridized carbons (Fsp3) is 0.769. The molecule has 1 aromatic heterocycles. The van der Waals surface area contributed by atoms with Crippen molar-refractivity contribution in [1.29, 1.82) is 0 Å². The van der Waals surface area contributed by atoms with E-state index in [4.69, 9.17) is 4.74 Å². The number of nitrogens with one attached hydrogen (secondary N) is 2. The number of carbonyl (C=O) groups excluding carboxylic acids is 1. The summed E-state index contributed by atoms with van der Waals surface area (Å²) >= 11 is 0. The summed E-state index contributed by atoms with van der Waals surface area (Å²) in [5.41, 5.74) is 0.412. The molecular weight excluding hydrogens is 258 g/mol. The normalized spacial score (nSPS) is 21.8. The maximum Gasteiger partial charge on any atom is 0.273 e. The van der Waals surface area contributed by atoms with Gasteiger partial charge in [-0.1, -0.05) is 5.21 Å². The maximum atomic E-state index is 12.1. The SMILES string of the molecule is O=C(NC1CCOCC1)c1cn(C2CCNCC2)nn1. The summed E-state index contributed by atoms with van der Waals surface area (Å²) < 4.78 is 7.11. The molecule has 0 radical (unpaired) electrons. The lowest BCUT2D eigenvalue weighted by Gasteiger charge is -2.22. The molecule has 1 aromatic rings. The lowest BCUT2D eigenvalue weighted by atomic mass is 10.1. The monoisotopic (exact) mass is 279 g/mol. The van der Waals surface area contributed by atoms with Crippen LogP contribution in [-0.4, -0.2) is 53.2 Å². The van der Waals surface area contributed by atoms with Crippen LogP contribution in [0.4, 0.5) is 0 Å². The van der Waals surface area contributed by atoms with Gasteiger partial charge in [-0.3, -0.25) is 4.79 Å². The molecule has 0 bridgehead atoms. The Hall–Kier alpha value is -1.47. The number of piperidine rings is 1. The van der Waals surface area contributed by atoms with Gasteiger partial charge in [0.05, 0.1) is 12.2 Å². The van der Waals surface area contributed by atoms with Crippen LogP contribution in [0, 0.1) is 0 Å². The predicted octanol–water partition coefficient (Wildman–Crippen LogP) is 0.111. The third-order valence-corrected chi connectivity index (χ3v) is 3.98. The molecule has 2 N–H and O–H groups in total. The Morgan fingerprint density at radius 2 is 2.05 bits per heavy atom. The molecule has 0 aliphatic carbocycles. The van der Waals surface area contributed by atoms with Crippen molar-refractivity contribution in [2.45, 2.75) is 37.8 Å². The fourth-order valence-electron chi connectivity index (χ4n) is 2.73. The first-order chi connectivity index (χ1) is 9.83. The van der Waals surface area contributed by atoms with Crippen LogP contribution in [0.5, 0.6) is 0 Å². The van der Waals surface area contributed by atoms with Crippen molar-refractivity contribution >= 4 is 5.91 Å². The Labute approximate surface area is 118 Å². The van der Waals surface area contributed by atoms with E-state index >= 15 is 0 Å². The Kier molecular flexibility index (Phi) is 4.27. The third kappa shape index (κ3) is 3.16. The topological polar surface area (TPSA) is 81.1 Å². The first-order valence-electron chi connectivity index (χ1n) is 7.34. The van der Waals surface area contributed by atoms with Crippen LogP contribution in [0.2, 0.25) is 0 Å². The third-order valence-electron chi connectivity index (χ3n) is 3.98. The number of hydrogen-bond acceptors (Lipinski definition) is 5. The molecule has 20 heavy (non-hydrogen) atoms. The average Bonchev–Trinajstić information content (AvgIpc) is 2.99. The summed E-state index contributed by atoms with van der Waals surface area (Å²) in [7, 11) is 0. The van der Waals surface area contributed by atoms with Crippen LogP contribution in [-0.2, 0) is 4.74 Å². The Bertz CT molecular complexity index is 449. The van der Waals surface area contributed by atoms with E-state index in [1.165, 1.54) is 0 Å². The molecule has 110 valence electrons. The predicted molar refractivity (Wildman–Crippen MR) is 72.5 cm³/mol. The van der Waals surface area contributed by atoms with E-state index in [1.807, 2.05) is 4.68 Å². The number of amides is 1. The summed E-state index contributed by atoms with van der Waals surface area (Å²) in [5, 5.41) is 14.4. The molecule has 3 heterocycles. The van der Waals surface area contributed by atoms with E-state index in [2.05, 4.69) is 20.9 Å². The van der Waals surface area contributed by atoms with Gasteiger partial charge in [0, 0.05) is 19.3 Å². The summed E-state index contributed by atoms with van der Waals surface area (Å²) in [4.78, 5) is 12.1. The molecule has 7 nitrogen and oxygen atoms in total. The highest BCUT2D eigenvalue weighted by Crippen LogP contribution is 2.17. The van der Waals surface area contributed by atoms with Crippen molar-refractivity contribution in [3.8, 4) is 0 Å². The van der Waals surface area contributed by atoms with Crippen molar-refractivity contribution in [3.63, 3.8) is 0 Å². The lowest BCUT2D eigenvalue weighted by Crippen LogP contribution is -2.39. The summed E-state index contributed by atoms with van der Waals surface area (Å²) in [6.07, 6.45) is 5.57. The highest BCUT2D eigenvalue weighted by Gasteiger charge is 2.21. The van der Waals surface area contributed by atoms with Gasteiger partial charge in [-0.25, -0.2) is 4.68 Å². The quantitative estimate of drug-likeness (QED) is 0.821. The first kappa shape index (κ1) is 13.5. The molecule has 3 rings (SSSR count). The molecule has 0 unspecified atom stereocenters. The molecule has 2 fully saturated rings. The Morgan fingerprint density at radius 1 is 1.30 bits per heavy atom. The van der Waals surface area contributed by atoms with Crippen molar-refractivity contribution in [2.24, 2.45) is 0 Å². The molecular formula is C13H21N5O2. The Morgan fingerprint density at radius 3 is 2.80 bits per heavy atom. The minimum Gasteiger partial charge on any atom is -0.381 e. The highest BCUT2D eigenvalue weighted by molar-refractivity contribution is 5.92. The maximum absolute atomic E-state index is 12.1. The highest BCUT2D eigenvalue weighted by atomic mass is 16.5. The van der Waals surface area contributed by atoms with Gasteiger partial charge < -0.3 is 15.4 Å². The molecule has 2 saturated heterocycles. The minimum atomic E-state index is -0.128. The van der Waals surface area contributed by atoms with Crippen LogP contribution < -0.4 is 10.6 Å². The summed E-state index contributed by atoms with van der Waals surface area (Å²) in [6, 6.07) is 0.550. The van der Waals surface area contributed by atoms with Crippen molar-refractivity contribution in [3.05, 3.63) is 11.9 Å². The van der Waals surface area contributed by atoms with Gasteiger partial charge in [-0.05, 0) is 38.8 Å². The van der Waals surface area contributed by atoms with Crippen LogP contribution in [0.3, 0.4) is 0 Å². The number of hydrogen-bond donors (Lipinski definition) is 2. The van der Waals surface area contributed by atoms with Crippen LogP contribution in [0.1, 0.15) is 42.2 Å². The van der Waals surface area contributed by atoms with E-state index in [-0.39, 0.29) is 11.9 Å². The van der Waals surface area contributed by atoms with Crippen LogP contribution >= 0.6 is 0 Å². The van der Waals surface area contributed by atoms with E-state index in [1.54, 1.807) is 6.20 Å². The molecule has 2 aliphatic rings. The van der Waals surface area contributed by atoms with Crippen molar-refractivity contribution in [1.82, 2.24) is 25.6 Å². The molecule has 0 spiro atoms. The first-order valence-corrected chi connectivity index (χ1v) is 7.34. The van der Waals surface area contributed by atoms with Crippen LogP contribution in [0.25, 0.3) is 0 Å². The molecule has 0 atom stereocenters. The van der Waals surface area contributed by atoms with Gasteiger partial charge in [0.15, 0.2) is 5.69 Å². The molecule has 7 heteroatoms. The Balaban J connectivity index is 1.58. The van der Waals surface area contributed by atoms with Crippen LogP contribution in [0.15, 0.2) is 6.20 Å². The fourth-order valence-corrected chi connectivity index (χ4v) is 2.73. The van der Waals surface area contributed by atoms with Gasteiger partial charge in [-0.15, -0.1) is 5.10 Å². The van der Waals surface area contributed by atoms with E-state index in [9.17, 15) is 4.79 Å². The largest absolute Gasteiger partial charge is 0.381 e. The number of ether oxygens (including phenoxy) is 1. The molecule has 0 saturated carbocycles. The zero-order valence-electron chi connectivity index (χ0n) is 11.5. The molecule has 1 amide bonds. The van der Waals surface area contributed by atoms with Gasteiger partial charge in [0.25, 0.3) is 5.91 Å². The van der Waals surface area contributed by atoms with E-state index in [0.29, 0.717) is 24.9 Å². The minimum absolute atomic E-state index is 0.128. The second kappa shape index (κ2) is 6.32. The van der Waals surface area contributed by atoms with E-state index in [0.717, 1.165) is 38.8 Å². The van der Waals surface area contributed by atoms with Gasteiger partial charge in [0.1, 0.15) is 0 Å².